The number of fused-ring (bicyclic) bond motifs is 1. The van der Waals surface area contributed by atoms with E-state index < -0.39 is 23.3 Å². The van der Waals surface area contributed by atoms with Crippen LogP contribution < -0.4 is 10.1 Å². The zero-order valence-corrected chi connectivity index (χ0v) is 18.0. The zero-order chi connectivity index (χ0) is 21.3. The number of hydrogen-bond acceptors (Lipinski definition) is 5. The summed E-state index contributed by atoms with van der Waals surface area (Å²) < 4.78 is 7.38. The van der Waals surface area contributed by atoms with Crippen LogP contribution >= 0.6 is 15.9 Å². The van der Waals surface area contributed by atoms with Gasteiger partial charge in [-0.15, -0.1) is 0 Å². The Hall–Kier alpha value is -2.94. The van der Waals surface area contributed by atoms with Crippen molar-refractivity contribution in [3.63, 3.8) is 0 Å². The molecule has 3 rings (SSSR count). The molecule has 8 nitrogen and oxygen atoms in total. The molecule has 0 bridgehead atoms. The molecule has 0 spiro atoms. The molecule has 0 fully saturated rings. The third-order valence-corrected chi connectivity index (χ3v) is 4.80. The van der Waals surface area contributed by atoms with Crippen LogP contribution in [0.3, 0.4) is 0 Å². The van der Waals surface area contributed by atoms with Crippen LogP contribution in [0.15, 0.2) is 41.1 Å². The number of hydrogen-bond donors (Lipinski definition) is 2. The summed E-state index contributed by atoms with van der Waals surface area (Å²) in [5, 5.41) is 17.5. The first-order valence-electron chi connectivity index (χ1n) is 8.84. The van der Waals surface area contributed by atoms with Gasteiger partial charge in [0.2, 0.25) is 0 Å². The number of aromatic nitrogens is 3. The number of nitrogens with zero attached hydrogens (tertiary/aromatic N) is 3. The van der Waals surface area contributed by atoms with E-state index in [1.54, 1.807) is 36.5 Å². The molecule has 0 saturated heterocycles. The van der Waals surface area contributed by atoms with Gasteiger partial charge in [-0.3, -0.25) is 9.48 Å². The Labute approximate surface area is 176 Å². The maximum absolute atomic E-state index is 12.6. The summed E-state index contributed by atoms with van der Waals surface area (Å²) >= 11 is 3.25. The summed E-state index contributed by atoms with van der Waals surface area (Å²) in [4.78, 5) is 28.5. The smallest absolute Gasteiger partial charge is 0.329 e. The van der Waals surface area contributed by atoms with Gasteiger partial charge >= 0.3 is 5.97 Å². The number of rotatable bonds is 5. The summed E-state index contributed by atoms with van der Waals surface area (Å²) in [6.45, 7) is 5.53. The Morgan fingerprint density at radius 3 is 2.59 bits per heavy atom. The van der Waals surface area contributed by atoms with Gasteiger partial charge in [0.1, 0.15) is 16.0 Å². The third-order valence-electron chi connectivity index (χ3n) is 4.36. The van der Waals surface area contributed by atoms with Gasteiger partial charge in [0.25, 0.3) is 5.91 Å². The number of halogens is 1. The van der Waals surface area contributed by atoms with E-state index in [2.05, 4.69) is 31.3 Å². The predicted molar refractivity (Wildman–Crippen MR) is 112 cm³/mol. The van der Waals surface area contributed by atoms with Crippen LogP contribution in [0.4, 0.5) is 5.69 Å². The van der Waals surface area contributed by atoms with E-state index >= 15 is 0 Å². The molecule has 2 aromatic heterocycles. The Balaban J connectivity index is 2.01. The second-order valence-corrected chi connectivity index (χ2v) is 8.44. The van der Waals surface area contributed by atoms with Crippen molar-refractivity contribution in [2.45, 2.75) is 26.8 Å². The number of nitrogens with one attached hydrogen (secondary N) is 1. The number of carboxylic acids is 1. The summed E-state index contributed by atoms with van der Waals surface area (Å²) in [6.07, 6.45) is 1.66. The molecule has 0 aliphatic carbocycles. The maximum Gasteiger partial charge on any atom is 0.329 e. The van der Waals surface area contributed by atoms with Crippen molar-refractivity contribution in [1.29, 1.82) is 0 Å². The average molecular weight is 461 g/mol. The van der Waals surface area contributed by atoms with Crippen LogP contribution in [0.5, 0.6) is 5.75 Å². The minimum Gasteiger partial charge on any atom is -0.494 e. The topological polar surface area (TPSA) is 106 Å². The van der Waals surface area contributed by atoms with E-state index in [0.717, 1.165) is 0 Å². The second-order valence-electron chi connectivity index (χ2n) is 7.63. The number of carbonyl (C=O) groups excluding carboxylic acids is 1. The highest BCUT2D eigenvalue weighted by Gasteiger charge is 2.34. The minimum atomic E-state index is -0.966. The van der Waals surface area contributed by atoms with E-state index in [0.29, 0.717) is 26.9 Å². The van der Waals surface area contributed by atoms with E-state index in [9.17, 15) is 14.7 Å². The van der Waals surface area contributed by atoms with Gasteiger partial charge in [-0.2, -0.15) is 5.10 Å². The maximum atomic E-state index is 12.6. The number of methoxy groups -OCH3 is 1. The third kappa shape index (κ3) is 4.40. The molecule has 1 atom stereocenters. The molecule has 1 amide bonds. The average Bonchev–Trinajstić information content (AvgIpc) is 3.01. The van der Waals surface area contributed by atoms with E-state index in [1.807, 2.05) is 20.8 Å². The monoisotopic (exact) mass is 460 g/mol. The van der Waals surface area contributed by atoms with Crippen molar-refractivity contribution in [2.24, 2.45) is 5.41 Å². The molecular formula is C20H21BrN4O4. The lowest BCUT2D eigenvalue weighted by Crippen LogP contribution is -2.31. The highest BCUT2D eigenvalue weighted by molar-refractivity contribution is 9.10. The lowest BCUT2D eigenvalue weighted by atomic mass is 9.87. The Morgan fingerprint density at radius 2 is 2.00 bits per heavy atom. The Bertz CT molecular complexity index is 1090. The number of pyridine rings is 1. The predicted octanol–water partition coefficient (Wildman–Crippen LogP) is 4.13. The number of ether oxygens (including phenoxy) is 1. The standard InChI is InChI=1S/C20H21BrN4O4/c1-20(2,3)17(19(27)28)25-10-11-8-14(15(29-4)9-13(11)24-25)23-18(26)12-6-5-7-16(21)22-12/h5-10,17H,1-4H3,(H,23,26)(H,27,28). The fourth-order valence-corrected chi connectivity index (χ4v) is 3.42. The number of benzene rings is 1. The molecule has 2 N–H and O–H groups in total. The first-order valence-corrected chi connectivity index (χ1v) is 9.63. The number of amides is 1. The second kappa shape index (κ2) is 7.82. The highest BCUT2D eigenvalue weighted by Crippen LogP contribution is 2.34. The molecule has 29 heavy (non-hydrogen) atoms. The van der Waals surface area contributed by atoms with Crippen LogP contribution in [-0.2, 0) is 4.79 Å². The van der Waals surface area contributed by atoms with Crippen molar-refractivity contribution in [1.82, 2.24) is 14.8 Å². The quantitative estimate of drug-likeness (QED) is 0.554. The number of aliphatic carboxylic acids is 1. The van der Waals surface area contributed by atoms with Crippen molar-refractivity contribution in [2.75, 3.05) is 12.4 Å². The molecular weight excluding hydrogens is 440 g/mol. The van der Waals surface area contributed by atoms with Crippen molar-refractivity contribution < 1.29 is 19.4 Å². The first-order chi connectivity index (χ1) is 13.6. The lowest BCUT2D eigenvalue weighted by molar-refractivity contribution is -0.144. The fourth-order valence-electron chi connectivity index (χ4n) is 3.07. The lowest BCUT2D eigenvalue weighted by Gasteiger charge is -2.26. The Kier molecular flexibility index (Phi) is 5.61. The summed E-state index contributed by atoms with van der Waals surface area (Å²) in [5.74, 6) is -0.949. The molecule has 1 aromatic carbocycles. The summed E-state index contributed by atoms with van der Waals surface area (Å²) in [7, 11) is 1.49. The molecule has 152 valence electrons. The minimum absolute atomic E-state index is 0.246. The molecule has 0 aliphatic heterocycles. The van der Waals surface area contributed by atoms with Crippen LogP contribution in [0.2, 0.25) is 0 Å². The van der Waals surface area contributed by atoms with E-state index in [4.69, 9.17) is 4.74 Å². The highest BCUT2D eigenvalue weighted by atomic mass is 79.9. The van der Waals surface area contributed by atoms with Crippen molar-refractivity contribution in [3.05, 3.63) is 46.8 Å². The zero-order valence-electron chi connectivity index (χ0n) is 16.4. The van der Waals surface area contributed by atoms with Gasteiger partial charge in [-0.1, -0.05) is 26.8 Å². The molecule has 3 aromatic rings. The van der Waals surface area contributed by atoms with Crippen LogP contribution in [0.25, 0.3) is 10.9 Å². The molecule has 0 radical (unpaired) electrons. The van der Waals surface area contributed by atoms with Gasteiger partial charge in [0.05, 0.1) is 18.3 Å². The number of carbonyl (C=O) groups is 2. The van der Waals surface area contributed by atoms with Gasteiger partial charge in [-0.05, 0) is 39.5 Å². The van der Waals surface area contributed by atoms with Crippen LogP contribution in [0.1, 0.15) is 37.3 Å². The van der Waals surface area contributed by atoms with Crippen molar-refractivity contribution in [3.8, 4) is 5.75 Å². The summed E-state index contributed by atoms with van der Waals surface area (Å²) in [5.41, 5.74) is 0.710. The molecule has 9 heteroatoms. The number of carboxylic acid groups (broad SMARTS) is 1. The molecule has 1 unspecified atom stereocenters. The molecule has 0 aliphatic rings. The number of anilines is 1. The first kappa shape index (κ1) is 20.8. The van der Waals surface area contributed by atoms with Gasteiger partial charge in [-0.25, -0.2) is 9.78 Å². The van der Waals surface area contributed by atoms with Gasteiger partial charge in [0, 0.05) is 17.6 Å². The van der Waals surface area contributed by atoms with Crippen molar-refractivity contribution >= 4 is 44.4 Å². The molecule has 0 saturated carbocycles. The van der Waals surface area contributed by atoms with Gasteiger partial charge in [0.15, 0.2) is 6.04 Å². The largest absolute Gasteiger partial charge is 0.494 e. The SMILES string of the molecule is COc1cc2nn(C(C(=O)O)C(C)(C)C)cc2cc1NC(=O)c1cccc(Br)n1. The van der Waals surface area contributed by atoms with E-state index in [-0.39, 0.29) is 5.69 Å². The van der Waals surface area contributed by atoms with Crippen LogP contribution in [-0.4, -0.2) is 38.9 Å². The summed E-state index contributed by atoms with van der Waals surface area (Å²) in [6, 6.07) is 7.57. The van der Waals surface area contributed by atoms with Crippen LogP contribution in [0, 0.1) is 5.41 Å². The fraction of sp³-hybridized carbons (Fsp3) is 0.300. The normalized spacial score (nSPS) is 12.6. The molecule has 2 heterocycles. The van der Waals surface area contributed by atoms with E-state index in [1.165, 1.54) is 11.8 Å². The van der Waals surface area contributed by atoms with Gasteiger partial charge < -0.3 is 15.2 Å². The Morgan fingerprint density at radius 1 is 1.28 bits per heavy atom.